The van der Waals surface area contributed by atoms with Gasteiger partial charge in [-0.25, -0.2) is 0 Å². The molecule has 6 nitrogen and oxygen atoms in total. The van der Waals surface area contributed by atoms with E-state index in [2.05, 4.69) is 5.32 Å². The fourth-order valence-corrected chi connectivity index (χ4v) is 3.50. The Morgan fingerprint density at radius 3 is 2.14 bits per heavy atom. The molecule has 1 aliphatic rings. The van der Waals surface area contributed by atoms with Crippen LogP contribution >= 0.6 is 0 Å². The molecular weight excluding hydrogens is 368 g/mol. The number of carbonyl (C=O) groups excluding carboxylic acids is 2. The van der Waals surface area contributed by atoms with Crippen molar-refractivity contribution >= 4 is 11.8 Å². The van der Waals surface area contributed by atoms with Gasteiger partial charge in [-0.2, -0.15) is 0 Å². The summed E-state index contributed by atoms with van der Waals surface area (Å²) in [6, 6.07) is 13.3. The smallest absolute Gasteiger partial charge is 0.254 e. The minimum absolute atomic E-state index is 0.0562. The molecule has 0 unspecified atom stereocenters. The maximum atomic E-state index is 12.9. The second-order valence-electron chi connectivity index (χ2n) is 7.37. The Bertz CT molecular complexity index is 833. The van der Waals surface area contributed by atoms with E-state index in [4.69, 9.17) is 9.47 Å². The van der Waals surface area contributed by atoms with Crippen molar-refractivity contribution in [3.63, 3.8) is 0 Å². The van der Waals surface area contributed by atoms with Gasteiger partial charge in [0.1, 0.15) is 11.5 Å². The summed E-state index contributed by atoms with van der Waals surface area (Å²) in [5.74, 6) is 1.09. The predicted molar refractivity (Wildman–Crippen MR) is 111 cm³/mol. The minimum atomic E-state index is -0.0688. The molecule has 0 atom stereocenters. The van der Waals surface area contributed by atoms with Crippen LogP contribution in [0.3, 0.4) is 0 Å². The van der Waals surface area contributed by atoms with Gasteiger partial charge in [-0.05, 0) is 37.5 Å². The summed E-state index contributed by atoms with van der Waals surface area (Å²) in [6.45, 7) is 3.68. The zero-order chi connectivity index (χ0) is 20.8. The number of nitrogens with one attached hydrogen (secondary N) is 1. The second-order valence-corrected chi connectivity index (χ2v) is 7.37. The Labute approximate surface area is 171 Å². The van der Waals surface area contributed by atoms with Crippen LogP contribution in [0.4, 0.5) is 0 Å². The van der Waals surface area contributed by atoms with Crippen LogP contribution in [0.2, 0.25) is 0 Å². The second kappa shape index (κ2) is 9.45. The van der Waals surface area contributed by atoms with Crippen LogP contribution in [0.5, 0.6) is 11.5 Å². The van der Waals surface area contributed by atoms with Gasteiger partial charge in [0.15, 0.2) is 0 Å². The van der Waals surface area contributed by atoms with Gasteiger partial charge in [0.25, 0.3) is 5.91 Å². The molecule has 2 aromatic rings. The molecule has 1 heterocycles. The van der Waals surface area contributed by atoms with Crippen molar-refractivity contribution in [2.75, 3.05) is 27.3 Å². The number of likely N-dealkylation sites (tertiary alicyclic amines) is 1. The average Bonchev–Trinajstić information content (AvgIpc) is 2.77. The molecule has 0 saturated carbocycles. The Hall–Kier alpha value is -3.02. The van der Waals surface area contributed by atoms with Crippen LogP contribution in [0.1, 0.15) is 34.3 Å². The molecule has 1 fully saturated rings. The highest BCUT2D eigenvalue weighted by molar-refractivity contribution is 5.95. The highest BCUT2D eigenvalue weighted by Crippen LogP contribution is 2.25. The number of carbonyl (C=O) groups is 2. The summed E-state index contributed by atoms with van der Waals surface area (Å²) in [7, 11) is 3.12. The van der Waals surface area contributed by atoms with Gasteiger partial charge >= 0.3 is 0 Å². The first-order valence-corrected chi connectivity index (χ1v) is 9.85. The number of amides is 2. The van der Waals surface area contributed by atoms with Crippen molar-refractivity contribution in [2.45, 2.75) is 26.3 Å². The summed E-state index contributed by atoms with van der Waals surface area (Å²) >= 11 is 0. The molecule has 0 aliphatic carbocycles. The number of benzene rings is 2. The maximum Gasteiger partial charge on any atom is 0.254 e. The lowest BCUT2D eigenvalue weighted by atomic mass is 9.95. The highest BCUT2D eigenvalue weighted by atomic mass is 16.5. The Morgan fingerprint density at radius 2 is 1.59 bits per heavy atom. The fourth-order valence-electron chi connectivity index (χ4n) is 3.50. The van der Waals surface area contributed by atoms with Crippen molar-refractivity contribution in [3.8, 4) is 11.5 Å². The van der Waals surface area contributed by atoms with Crippen molar-refractivity contribution < 1.29 is 19.1 Å². The zero-order valence-electron chi connectivity index (χ0n) is 17.2. The van der Waals surface area contributed by atoms with Gasteiger partial charge in [0.2, 0.25) is 5.91 Å². The van der Waals surface area contributed by atoms with E-state index in [1.807, 2.05) is 31.2 Å². The minimum Gasteiger partial charge on any atom is -0.497 e. The molecule has 0 radical (unpaired) electrons. The lowest BCUT2D eigenvalue weighted by Gasteiger charge is -2.31. The number of nitrogens with zero attached hydrogens (tertiary/aromatic N) is 1. The van der Waals surface area contributed by atoms with Gasteiger partial charge in [0.05, 0.1) is 14.2 Å². The normalized spacial score (nSPS) is 14.4. The van der Waals surface area contributed by atoms with Crippen LogP contribution in [-0.4, -0.2) is 44.0 Å². The Morgan fingerprint density at radius 1 is 1.00 bits per heavy atom. The summed E-state index contributed by atoms with van der Waals surface area (Å²) in [5.41, 5.74) is 2.82. The number of piperidine rings is 1. The molecule has 3 rings (SSSR count). The molecule has 29 heavy (non-hydrogen) atoms. The van der Waals surface area contributed by atoms with Gasteiger partial charge < -0.3 is 19.7 Å². The summed E-state index contributed by atoms with van der Waals surface area (Å²) < 4.78 is 10.5. The Kier molecular flexibility index (Phi) is 6.75. The number of methoxy groups -OCH3 is 2. The first-order chi connectivity index (χ1) is 14.0. The van der Waals surface area contributed by atoms with Crippen LogP contribution < -0.4 is 14.8 Å². The highest BCUT2D eigenvalue weighted by Gasteiger charge is 2.28. The maximum absolute atomic E-state index is 12.9. The molecule has 6 heteroatoms. The molecule has 1 N–H and O–H groups in total. The monoisotopic (exact) mass is 396 g/mol. The number of hydrogen-bond acceptors (Lipinski definition) is 4. The number of rotatable bonds is 6. The van der Waals surface area contributed by atoms with Gasteiger partial charge in [-0.3, -0.25) is 9.59 Å². The van der Waals surface area contributed by atoms with Crippen LogP contribution in [-0.2, 0) is 11.3 Å². The van der Waals surface area contributed by atoms with Crippen molar-refractivity contribution in [1.82, 2.24) is 10.2 Å². The van der Waals surface area contributed by atoms with E-state index >= 15 is 0 Å². The summed E-state index contributed by atoms with van der Waals surface area (Å²) in [6.07, 6.45) is 1.32. The largest absolute Gasteiger partial charge is 0.497 e. The van der Waals surface area contributed by atoms with E-state index in [9.17, 15) is 9.59 Å². The molecule has 0 spiro atoms. The molecule has 154 valence electrons. The lowest BCUT2D eigenvalue weighted by molar-refractivity contribution is -0.126. The van der Waals surface area contributed by atoms with Crippen molar-refractivity contribution in [3.05, 3.63) is 59.2 Å². The van der Waals surface area contributed by atoms with Gasteiger partial charge in [-0.15, -0.1) is 0 Å². The molecule has 1 saturated heterocycles. The zero-order valence-corrected chi connectivity index (χ0v) is 17.2. The van der Waals surface area contributed by atoms with E-state index in [1.54, 1.807) is 37.3 Å². The molecule has 2 amide bonds. The SMILES string of the molecule is COc1cc(OC)cc(C(=O)N2CCC(C(=O)NCc3ccc(C)cc3)CC2)c1. The quantitative estimate of drug-likeness (QED) is 0.814. The van der Waals surface area contributed by atoms with E-state index in [-0.39, 0.29) is 17.7 Å². The number of aryl methyl sites for hydroxylation is 1. The molecule has 1 aliphatic heterocycles. The van der Waals surface area contributed by atoms with Gasteiger partial charge in [0, 0.05) is 37.2 Å². The lowest BCUT2D eigenvalue weighted by Crippen LogP contribution is -2.42. The first-order valence-electron chi connectivity index (χ1n) is 9.85. The van der Waals surface area contributed by atoms with Gasteiger partial charge in [-0.1, -0.05) is 29.8 Å². The van der Waals surface area contributed by atoms with Crippen molar-refractivity contribution in [1.29, 1.82) is 0 Å². The Balaban J connectivity index is 1.53. The average molecular weight is 396 g/mol. The third-order valence-electron chi connectivity index (χ3n) is 5.34. The number of ether oxygens (including phenoxy) is 2. The standard InChI is InChI=1S/C23H28N2O4/c1-16-4-6-17(7-5-16)15-24-22(26)18-8-10-25(11-9-18)23(27)19-12-20(28-2)14-21(13-19)29-3/h4-7,12-14,18H,8-11,15H2,1-3H3,(H,24,26). The molecular formula is C23H28N2O4. The molecule has 0 aromatic heterocycles. The van der Waals surface area contributed by atoms with Crippen LogP contribution in [0, 0.1) is 12.8 Å². The molecule has 2 aromatic carbocycles. The van der Waals surface area contributed by atoms with Crippen molar-refractivity contribution in [2.24, 2.45) is 5.92 Å². The summed E-state index contributed by atoms with van der Waals surface area (Å²) in [5, 5.41) is 3.02. The van der Waals surface area contributed by atoms with E-state index in [0.717, 1.165) is 5.56 Å². The molecule has 0 bridgehead atoms. The first kappa shape index (κ1) is 20.7. The van der Waals surface area contributed by atoms with E-state index < -0.39 is 0 Å². The third kappa shape index (κ3) is 5.28. The van der Waals surface area contributed by atoms with Crippen LogP contribution in [0.25, 0.3) is 0 Å². The predicted octanol–water partition coefficient (Wildman–Crippen LogP) is 3.18. The van der Waals surface area contributed by atoms with Crippen LogP contribution in [0.15, 0.2) is 42.5 Å². The fraction of sp³-hybridized carbons (Fsp3) is 0.391. The topological polar surface area (TPSA) is 67.9 Å². The van der Waals surface area contributed by atoms with E-state index in [1.165, 1.54) is 5.56 Å². The summed E-state index contributed by atoms with van der Waals surface area (Å²) in [4.78, 5) is 27.2. The third-order valence-corrected chi connectivity index (χ3v) is 5.34. The number of hydrogen-bond donors (Lipinski definition) is 1. The van der Waals surface area contributed by atoms with E-state index in [0.29, 0.717) is 49.5 Å².